The van der Waals surface area contributed by atoms with E-state index in [-0.39, 0.29) is 5.60 Å². The Bertz CT molecular complexity index is 366. The molecule has 1 saturated heterocycles. The number of aliphatic hydroxyl groups is 1. The summed E-state index contributed by atoms with van der Waals surface area (Å²) in [5, 5.41) is 10.1. The van der Waals surface area contributed by atoms with Gasteiger partial charge in [0, 0.05) is 0 Å². The Labute approximate surface area is 90.9 Å². The van der Waals surface area contributed by atoms with Crippen molar-refractivity contribution >= 4 is 0 Å². The fraction of sp³-hybridized carbons (Fsp3) is 0.538. The molecular formula is C13H18O2. The van der Waals surface area contributed by atoms with Crippen LogP contribution in [0, 0.1) is 0 Å². The number of epoxide rings is 1. The van der Waals surface area contributed by atoms with Crippen molar-refractivity contribution in [3.63, 3.8) is 0 Å². The lowest BCUT2D eigenvalue weighted by Gasteiger charge is -2.25. The highest BCUT2D eigenvalue weighted by Gasteiger charge is 2.71. The molecule has 2 heteroatoms. The van der Waals surface area contributed by atoms with E-state index in [9.17, 15) is 5.11 Å². The highest BCUT2D eigenvalue weighted by molar-refractivity contribution is 5.34. The van der Waals surface area contributed by atoms with Crippen molar-refractivity contribution in [1.82, 2.24) is 0 Å². The molecule has 0 spiro atoms. The molecule has 0 aromatic heterocycles. The average molecular weight is 206 g/mol. The number of hydrogen-bond donors (Lipinski definition) is 1. The molecule has 1 heterocycles. The molecular weight excluding hydrogens is 188 g/mol. The maximum Gasteiger partial charge on any atom is 0.127 e. The largest absolute Gasteiger partial charge is 0.387 e. The van der Waals surface area contributed by atoms with E-state index >= 15 is 0 Å². The van der Waals surface area contributed by atoms with Gasteiger partial charge in [-0.3, -0.25) is 0 Å². The highest BCUT2D eigenvalue weighted by atomic mass is 16.6. The Morgan fingerprint density at radius 1 is 1.13 bits per heavy atom. The zero-order valence-electron chi connectivity index (χ0n) is 9.74. The lowest BCUT2D eigenvalue weighted by atomic mass is 9.79. The van der Waals surface area contributed by atoms with E-state index in [1.165, 1.54) is 0 Å². The molecule has 0 saturated carbocycles. The van der Waals surface area contributed by atoms with Gasteiger partial charge in [-0.15, -0.1) is 0 Å². The van der Waals surface area contributed by atoms with Crippen molar-refractivity contribution in [1.29, 1.82) is 0 Å². The summed E-state index contributed by atoms with van der Waals surface area (Å²) in [6.45, 7) is 7.57. The summed E-state index contributed by atoms with van der Waals surface area (Å²) < 4.78 is 5.79. The molecule has 1 aromatic rings. The van der Waals surface area contributed by atoms with Crippen molar-refractivity contribution in [2.45, 2.75) is 44.5 Å². The first-order chi connectivity index (χ1) is 6.81. The van der Waals surface area contributed by atoms with E-state index in [1.54, 1.807) is 13.8 Å². The van der Waals surface area contributed by atoms with Crippen molar-refractivity contribution < 1.29 is 9.84 Å². The fourth-order valence-electron chi connectivity index (χ4n) is 2.18. The predicted octanol–water partition coefficient (Wildman–Crippen LogP) is 2.46. The van der Waals surface area contributed by atoms with Gasteiger partial charge < -0.3 is 9.84 Å². The minimum atomic E-state index is -0.836. The van der Waals surface area contributed by atoms with Crippen LogP contribution >= 0.6 is 0 Å². The first-order valence-corrected chi connectivity index (χ1v) is 5.29. The molecule has 2 rings (SSSR count). The number of ether oxygens (including phenoxy) is 1. The van der Waals surface area contributed by atoms with Gasteiger partial charge in [0.25, 0.3) is 0 Å². The molecule has 2 atom stereocenters. The third kappa shape index (κ3) is 1.32. The van der Waals surface area contributed by atoms with E-state index < -0.39 is 11.2 Å². The maximum absolute atomic E-state index is 10.1. The van der Waals surface area contributed by atoms with E-state index in [4.69, 9.17) is 4.74 Å². The van der Waals surface area contributed by atoms with Crippen LogP contribution in [0.2, 0.25) is 0 Å². The molecule has 1 aliphatic rings. The molecule has 0 aliphatic carbocycles. The van der Waals surface area contributed by atoms with E-state index in [1.807, 2.05) is 44.2 Å². The third-order valence-electron chi connectivity index (χ3n) is 3.77. The van der Waals surface area contributed by atoms with Crippen LogP contribution in [-0.4, -0.2) is 16.3 Å². The Balaban J connectivity index is 2.35. The standard InChI is InChI=1S/C13H18O2/c1-11(2,14)13(4)12(3,15-13)10-8-6-5-7-9-10/h5-9,14H,1-4H3/t12-,13+/m1/s1. The van der Waals surface area contributed by atoms with Gasteiger partial charge >= 0.3 is 0 Å². The molecule has 0 unspecified atom stereocenters. The van der Waals surface area contributed by atoms with Gasteiger partial charge in [-0.2, -0.15) is 0 Å². The lowest BCUT2D eigenvalue weighted by Crippen LogP contribution is -2.41. The maximum atomic E-state index is 10.1. The van der Waals surface area contributed by atoms with Gasteiger partial charge in [-0.1, -0.05) is 30.3 Å². The van der Waals surface area contributed by atoms with Crippen LogP contribution in [0.1, 0.15) is 33.3 Å². The second kappa shape index (κ2) is 2.83. The monoisotopic (exact) mass is 206 g/mol. The SMILES string of the molecule is CC(C)(O)[C@]1(C)O[C@]1(C)c1ccccc1. The zero-order valence-corrected chi connectivity index (χ0v) is 9.74. The van der Waals surface area contributed by atoms with Crippen LogP contribution in [0.25, 0.3) is 0 Å². The van der Waals surface area contributed by atoms with Crippen LogP contribution < -0.4 is 0 Å². The minimum absolute atomic E-state index is 0.369. The number of hydrogen-bond acceptors (Lipinski definition) is 2. The Kier molecular flexibility index (Phi) is 2.01. The van der Waals surface area contributed by atoms with Crippen molar-refractivity contribution in [2.24, 2.45) is 0 Å². The van der Waals surface area contributed by atoms with Crippen LogP contribution in [0.15, 0.2) is 30.3 Å². The predicted molar refractivity (Wildman–Crippen MR) is 59.6 cm³/mol. The van der Waals surface area contributed by atoms with E-state index in [0.29, 0.717) is 0 Å². The summed E-state index contributed by atoms with van der Waals surface area (Å²) in [5.74, 6) is 0. The Hall–Kier alpha value is -0.860. The van der Waals surface area contributed by atoms with Gasteiger partial charge in [0.2, 0.25) is 0 Å². The molecule has 1 aliphatic heterocycles. The zero-order chi connectivity index (χ0) is 11.3. The van der Waals surface area contributed by atoms with Gasteiger partial charge in [-0.05, 0) is 33.3 Å². The summed E-state index contributed by atoms with van der Waals surface area (Å²) in [4.78, 5) is 0. The molecule has 2 nitrogen and oxygen atoms in total. The van der Waals surface area contributed by atoms with Gasteiger partial charge in [0.1, 0.15) is 11.2 Å². The second-order valence-corrected chi connectivity index (χ2v) is 5.09. The first-order valence-electron chi connectivity index (χ1n) is 5.29. The van der Waals surface area contributed by atoms with Gasteiger partial charge in [0.15, 0.2) is 0 Å². The van der Waals surface area contributed by atoms with E-state index in [0.717, 1.165) is 5.56 Å². The molecule has 1 fully saturated rings. The average Bonchev–Trinajstić information content (AvgIpc) is 2.74. The Morgan fingerprint density at radius 2 is 1.67 bits per heavy atom. The smallest absolute Gasteiger partial charge is 0.127 e. The van der Waals surface area contributed by atoms with E-state index in [2.05, 4.69) is 0 Å². The summed E-state index contributed by atoms with van der Waals surface area (Å²) in [6, 6.07) is 10.0. The van der Waals surface area contributed by atoms with Crippen LogP contribution in [0.4, 0.5) is 0 Å². The van der Waals surface area contributed by atoms with Crippen LogP contribution in [0.5, 0.6) is 0 Å². The fourth-order valence-corrected chi connectivity index (χ4v) is 2.18. The molecule has 0 bridgehead atoms. The first kappa shape index (κ1) is 10.7. The van der Waals surface area contributed by atoms with Crippen molar-refractivity contribution in [3.05, 3.63) is 35.9 Å². The van der Waals surface area contributed by atoms with Crippen molar-refractivity contribution in [3.8, 4) is 0 Å². The number of benzene rings is 1. The topological polar surface area (TPSA) is 32.8 Å². The van der Waals surface area contributed by atoms with Crippen LogP contribution in [0.3, 0.4) is 0 Å². The third-order valence-corrected chi connectivity index (χ3v) is 3.77. The summed E-state index contributed by atoms with van der Waals surface area (Å²) >= 11 is 0. The molecule has 0 radical (unpaired) electrons. The summed E-state index contributed by atoms with van der Waals surface area (Å²) in [6.07, 6.45) is 0. The summed E-state index contributed by atoms with van der Waals surface area (Å²) in [7, 11) is 0. The highest BCUT2D eigenvalue weighted by Crippen LogP contribution is 2.60. The summed E-state index contributed by atoms with van der Waals surface area (Å²) in [5.41, 5.74) is -0.583. The van der Waals surface area contributed by atoms with Gasteiger partial charge in [0.05, 0.1) is 5.60 Å². The Morgan fingerprint density at radius 3 is 2.07 bits per heavy atom. The quantitative estimate of drug-likeness (QED) is 0.754. The molecule has 15 heavy (non-hydrogen) atoms. The minimum Gasteiger partial charge on any atom is -0.387 e. The van der Waals surface area contributed by atoms with Gasteiger partial charge in [-0.25, -0.2) is 0 Å². The molecule has 1 aromatic carbocycles. The van der Waals surface area contributed by atoms with Crippen LogP contribution in [-0.2, 0) is 10.3 Å². The molecule has 1 N–H and O–H groups in total. The lowest BCUT2D eigenvalue weighted by molar-refractivity contribution is 0.00242. The second-order valence-electron chi connectivity index (χ2n) is 5.09. The molecule has 82 valence electrons. The molecule has 0 amide bonds. The number of rotatable bonds is 2. The normalized spacial score (nSPS) is 35.3. The van der Waals surface area contributed by atoms with Crippen molar-refractivity contribution in [2.75, 3.05) is 0 Å².